The maximum Gasteiger partial charge on any atom is 0.329 e. The van der Waals surface area contributed by atoms with Gasteiger partial charge in [0.25, 0.3) is 0 Å². The summed E-state index contributed by atoms with van der Waals surface area (Å²) in [5.74, 6) is 0. The summed E-state index contributed by atoms with van der Waals surface area (Å²) >= 11 is 7.43. The van der Waals surface area contributed by atoms with Gasteiger partial charge in [-0.1, -0.05) is 89.5 Å². The molecule has 170 valence electrons. The molecule has 5 rings (SSSR count). The van der Waals surface area contributed by atoms with E-state index in [9.17, 15) is 0 Å². The second-order valence-corrected chi connectivity index (χ2v) is 11.6. The van der Waals surface area contributed by atoms with E-state index in [0.717, 1.165) is 8.95 Å². The monoisotopic (exact) mass is 571 g/mol. The predicted molar refractivity (Wildman–Crippen MR) is 157 cm³/mol. The Balaban J connectivity index is 1.99. The molecule has 0 atom stereocenters. The van der Waals surface area contributed by atoms with Gasteiger partial charge in [-0.15, -0.1) is 0 Å². The maximum atomic E-state index is 3.71. The zero-order valence-electron chi connectivity index (χ0n) is 20.6. The van der Waals surface area contributed by atoms with Crippen molar-refractivity contribution in [1.82, 2.24) is 4.48 Å². The lowest BCUT2D eigenvalue weighted by Gasteiger charge is -2.26. The van der Waals surface area contributed by atoms with E-state index in [1.54, 1.807) is 0 Å². The standard InChI is InChI=1S/C30H28BBr2N/c1-17-11-19(3)29(20(4)12-17)31(30-21(5)13-18(2)14-22(30)6)34-27-9-7-23(32)15-25(27)26-16-24(33)8-10-28(26)34/h7-16H,1-6H3. The van der Waals surface area contributed by atoms with Crippen LogP contribution in [0.1, 0.15) is 33.4 Å². The largest absolute Gasteiger partial charge is 0.376 e. The Bertz CT molecular complexity index is 1430. The summed E-state index contributed by atoms with van der Waals surface area (Å²) in [7, 11) is 0. The SMILES string of the molecule is Cc1cc(C)c(B(c2c(C)cc(C)cc2C)n2c3ccc(Br)cc3c3cc(Br)ccc32)c(C)c1. The molecule has 4 heteroatoms. The minimum Gasteiger partial charge on any atom is -0.376 e. The summed E-state index contributed by atoms with van der Waals surface area (Å²) in [4.78, 5) is 0. The molecule has 5 aromatic rings. The average molecular weight is 573 g/mol. The molecule has 1 nitrogen and oxygen atoms in total. The van der Waals surface area contributed by atoms with Gasteiger partial charge in [0, 0.05) is 30.8 Å². The van der Waals surface area contributed by atoms with Crippen LogP contribution in [0.4, 0.5) is 0 Å². The van der Waals surface area contributed by atoms with Crippen LogP contribution in [0.15, 0.2) is 69.6 Å². The Hall–Kier alpha value is -2.30. The van der Waals surface area contributed by atoms with E-state index in [1.807, 2.05) is 0 Å². The summed E-state index contributed by atoms with van der Waals surface area (Å²) in [5.41, 5.74) is 13.3. The van der Waals surface area contributed by atoms with Crippen molar-refractivity contribution in [2.75, 3.05) is 0 Å². The molecule has 1 aromatic heterocycles. The van der Waals surface area contributed by atoms with E-state index in [1.165, 1.54) is 66.1 Å². The lowest BCUT2D eigenvalue weighted by atomic mass is 9.46. The molecule has 0 bridgehead atoms. The molecule has 1 heterocycles. The third-order valence-corrected chi connectivity index (χ3v) is 7.99. The molecule has 0 N–H and O–H groups in total. The number of hydrogen-bond acceptors (Lipinski definition) is 0. The number of benzene rings is 4. The molecule has 4 aromatic carbocycles. The first kappa shape index (κ1) is 23.4. The quantitative estimate of drug-likeness (QED) is 0.194. The normalized spacial score (nSPS) is 11.5. The number of fused-ring (bicyclic) bond motifs is 3. The summed E-state index contributed by atoms with van der Waals surface area (Å²) in [6.45, 7) is 13.5. The number of hydrogen-bond donors (Lipinski definition) is 0. The highest BCUT2D eigenvalue weighted by atomic mass is 79.9. The van der Waals surface area contributed by atoms with Crippen molar-refractivity contribution >= 4 is 71.4 Å². The number of nitrogens with zero attached hydrogens (tertiary/aromatic N) is 1. The minimum absolute atomic E-state index is 0.0727. The molecular formula is C30H28BBr2N. The smallest absolute Gasteiger partial charge is 0.329 e. The maximum absolute atomic E-state index is 3.71. The van der Waals surface area contributed by atoms with E-state index < -0.39 is 0 Å². The zero-order chi connectivity index (χ0) is 24.3. The Morgan fingerprint density at radius 3 is 1.24 bits per heavy atom. The van der Waals surface area contributed by atoms with E-state index in [-0.39, 0.29) is 6.85 Å². The number of halogens is 2. The van der Waals surface area contributed by atoms with Crippen molar-refractivity contribution in [1.29, 1.82) is 0 Å². The highest BCUT2D eigenvalue weighted by Crippen LogP contribution is 2.34. The van der Waals surface area contributed by atoms with Crippen LogP contribution in [-0.2, 0) is 0 Å². The molecule has 0 amide bonds. The number of aromatic nitrogens is 1. The first-order chi connectivity index (χ1) is 16.2. The van der Waals surface area contributed by atoms with Crippen LogP contribution in [0.25, 0.3) is 21.8 Å². The highest BCUT2D eigenvalue weighted by molar-refractivity contribution is 9.10. The van der Waals surface area contributed by atoms with Crippen molar-refractivity contribution < 1.29 is 0 Å². The van der Waals surface area contributed by atoms with E-state index >= 15 is 0 Å². The van der Waals surface area contributed by atoms with Gasteiger partial charge in [0.05, 0.1) is 0 Å². The lowest BCUT2D eigenvalue weighted by molar-refractivity contribution is 1.28. The van der Waals surface area contributed by atoms with Crippen LogP contribution in [0.2, 0.25) is 0 Å². The number of rotatable bonds is 3. The fourth-order valence-corrected chi connectivity index (χ4v) is 6.65. The minimum atomic E-state index is 0.0727. The van der Waals surface area contributed by atoms with Gasteiger partial charge in [-0.2, -0.15) is 0 Å². The average Bonchev–Trinajstić information content (AvgIpc) is 3.03. The molecule has 34 heavy (non-hydrogen) atoms. The first-order valence-electron chi connectivity index (χ1n) is 11.7. The van der Waals surface area contributed by atoms with Crippen LogP contribution < -0.4 is 10.9 Å². The molecule has 0 radical (unpaired) electrons. The summed E-state index contributed by atoms with van der Waals surface area (Å²) in [5, 5.41) is 2.53. The summed E-state index contributed by atoms with van der Waals surface area (Å²) in [6, 6.07) is 22.7. The van der Waals surface area contributed by atoms with Crippen molar-refractivity contribution in [3.05, 3.63) is 103 Å². The Labute approximate surface area is 219 Å². The second kappa shape index (κ2) is 8.73. The van der Waals surface area contributed by atoms with Gasteiger partial charge < -0.3 is 4.48 Å². The van der Waals surface area contributed by atoms with Gasteiger partial charge >= 0.3 is 6.85 Å². The first-order valence-corrected chi connectivity index (χ1v) is 13.3. The molecular weight excluding hydrogens is 545 g/mol. The Kier molecular flexibility index (Phi) is 6.02. The Morgan fingerprint density at radius 2 is 0.882 bits per heavy atom. The van der Waals surface area contributed by atoms with Gasteiger partial charge in [0.2, 0.25) is 0 Å². The van der Waals surface area contributed by atoms with Crippen molar-refractivity contribution in [2.24, 2.45) is 0 Å². The summed E-state index contributed by atoms with van der Waals surface area (Å²) < 4.78 is 4.76. The van der Waals surface area contributed by atoms with Crippen LogP contribution in [-0.4, -0.2) is 11.3 Å². The van der Waals surface area contributed by atoms with Gasteiger partial charge in [0.1, 0.15) is 0 Å². The topological polar surface area (TPSA) is 4.93 Å². The van der Waals surface area contributed by atoms with Gasteiger partial charge in [-0.25, -0.2) is 0 Å². The third kappa shape index (κ3) is 3.85. The van der Waals surface area contributed by atoms with Crippen LogP contribution >= 0.6 is 31.9 Å². The van der Waals surface area contributed by atoms with Crippen molar-refractivity contribution in [3.8, 4) is 0 Å². The van der Waals surface area contributed by atoms with E-state index in [2.05, 4.69) is 139 Å². The molecule has 0 unspecified atom stereocenters. The molecule has 0 saturated heterocycles. The molecule has 0 aliphatic heterocycles. The third-order valence-electron chi connectivity index (χ3n) is 7.01. The van der Waals surface area contributed by atoms with Crippen molar-refractivity contribution in [2.45, 2.75) is 41.5 Å². The predicted octanol–water partition coefficient (Wildman–Crippen LogP) is 7.82. The van der Waals surface area contributed by atoms with Crippen LogP contribution in [0, 0.1) is 41.5 Å². The lowest BCUT2D eigenvalue weighted by Crippen LogP contribution is -2.53. The van der Waals surface area contributed by atoms with Crippen LogP contribution in [0.5, 0.6) is 0 Å². The van der Waals surface area contributed by atoms with Gasteiger partial charge in [0.15, 0.2) is 0 Å². The number of aryl methyl sites for hydroxylation is 6. The van der Waals surface area contributed by atoms with Gasteiger partial charge in [-0.3, -0.25) is 0 Å². The second-order valence-electron chi connectivity index (χ2n) is 9.72. The molecule has 0 saturated carbocycles. The van der Waals surface area contributed by atoms with E-state index in [4.69, 9.17) is 0 Å². The molecule has 0 aliphatic rings. The zero-order valence-corrected chi connectivity index (χ0v) is 23.7. The molecule has 0 spiro atoms. The van der Waals surface area contributed by atoms with Gasteiger partial charge in [-0.05, 0) is 88.9 Å². The summed E-state index contributed by atoms with van der Waals surface area (Å²) in [6.07, 6.45) is 0. The Morgan fingerprint density at radius 1 is 0.529 bits per heavy atom. The fraction of sp³-hybridized carbons (Fsp3) is 0.200. The molecule has 0 fully saturated rings. The van der Waals surface area contributed by atoms with Crippen molar-refractivity contribution in [3.63, 3.8) is 0 Å². The molecule has 0 aliphatic carbocycles. The van der Waals surface area contributed by atoms with E-state index in [0.29, 0.717) is 0 Å². The fourth-order valence-electron chi connectivity index (χ4n) is 5.92. The van der Waals surface area contributed by atoms with Crippen LogP contribution in [0.3, 0.4) is 0 Å². The highest BCUT2D eigenvalue weighted by Gasteiger charge is 2.32.